The van der Waals surface area contributed by atoms with Crippen molar-refractivity contribution < 1.29 is 9.53 Å². The van der Waals surface area contributed by atoms with E-state index in [1.165, 1.54) is 4.88 Å². The maximum absolute atomic E-state index is 12.9. The van der Waals surface area contributed by atoms with Crippen LogP contribution < -0.4 is 15.0 Å². The van der Waals surface area contributed by atoms with E-state index in [9.17, 15) is 4.79 Å². The minimum Gasteiger partial charge on any atom is -0.495 e. The monoisotopic (exact) mass is 449 g/mol. The molecule has 2 aromatic carbocycles. The summed E-state index contributed by atoms with van der Waals surface area (Å²) in [5, 5.41) is 5.38. The van der Waals surface area contributed by atoms with Crippen molar-refractivity contribution in [3.8, 4) is 5.75 Å². The predicted molar refractivity (Wildman–Crippen MR) is 132 cm³/mol. The number of nitrogens with zero attached hydrogens (tertiary/aromatic N) is 2. The van der Waals surface area contributed by atoms with Gasteiger partial charge in [-0.15, -0.1) is 11.3 Å². The van der Waals surface area contributed by atoms with Crippen molar-refractivity contribution in [2.45, 2.75) is 25.9 Å². The molecule has 0 saturated carbocycles. The Hall–Kier alpha value is -2.83. The molecule has 2 heterocycles. The summed E-state index contributed by atoms with van der Waals surface area (Å²) in [6, 6.07) is 20.3. The van der Waals surface area contributed by atoms with E-state index in [1.807, 2.05) is 43.3 Å². The quantitative estimate of drug-likeness (QED) is 0.566. The van der Waals surface area contributed by atoms with E-state index < -0.39 is 0 Å². The van der Waals surface area contributed by atoms with Crippen LogP contribution in [0, 0.1) is 6.92 Å². The van der Waals surface area contributed by atoms with Crippen molar-refractivity contribution in [1.82, 2.24) is 10.2 Å². The Morgan fingerprint density at radius 3 is 2.50 bits per heavy atom. The number of carbonyl (C=O) groups excluding carboxylic acids is 1. The lowest BCUT2D eigenvalue weighted by molar-refractivity contribution is 0.0890. The number of amides is 1. The highest BCUT2D eigenvalue weighted by molar-refractivity contribution is 7.10. The second kappa shape index (κ2) is 10.2. The number of anilines is 1. The van der Waals surface area contributed by atoms with Crippen LogP contribution in [0.2, 0.25) is 0 Å². The van der Waals surface area contributed by atoms with Gasteiger partial charge in [0.1, 0.15) is 5.75 Å². The summed E-state index contributed by atoms with van der Waals surface area (Å²) in [6.07, 6.45) is 0. The number of nitrogens with one attached hydrogen (secondary N) is 1. The minimum atomic E-state index is -0.0181. The van der Waals surface area contributed by atoms with Crippen LogP contribution in [0.4, 0.5) is 5.69 Å². The minimum absolute atomic E-state index is 0.0144. The van der Waals surface area contributed by atoms with E-state index in [0.29, 0.717) is 5.56 Å². The molecule has 1 aliphatic rings. The molecule has 0 radical (unpaired) electrons. The smallest absolute Gasteiger partial charge is 0.251 e. The van der Waals surface area contributed by atoms with Gasteiger partial charge in [0, 0.05) is 42.7 Å². The van der Waals surface area contributed by atoms with Crippen LogP contribution >= 0.6 is 11.3 Å². The van der Waals surface area contributed by atoms with Gasteiger partial charge < -0.3 is 15.0 Å². The zero-order chi connectivity index (χ0) is 22.5. The number of rotatable bonds is 7. The van der Waals surface area contributed by atoms with Crippen molar-refractivity contribution in [3.63, 3.8) is 0 Å². The van der Waals surface area contributed by atoms with Crippen LogP contribution in [0.15, 0.2) is 66.0 Å². The molecule has 1 amide bonds. The fourth-order valence-electron chi connectivity index (χ4n) is 4.49. The number of hydrogen-bond acceptors (Lipinski definition) is 5. The maximum atomic E-state index is 12.9. The molecule has 0 bridgehead atoms. The van der Waals surface area contributed by atoms with Crippen LogP contribution in [0.1, 0.15) is 33.8 Å². The molecular formula is C26H31N3O2S. The Kier molecular flexibility index (Phi) is 7.12. The number of methoxy groups -OCH3 is 1. The van der Waals surface area contributed by atoms with Crippen molar-refractivity contribution >= 4 is 22.9 Å². The molecule has 5 nitrogen and oxygen atoms in total. The number of para-hydroxylation sites is 2. The average Bonchev–Trinajstić information content (AvgIpc) is 3.34. The fourth-order valence-corrected chi connectivity index (χ4v) is 5.45. The number of hydrogen-bond donors (Lipinski definition) is 1. The number of thiophene rings is 1. The largest absolute Gasteiger partial charge is 0.495 e. The Morgan fingerprint density at radius 2 is 1.81 bits per heavy atom. The standard InChI is InChI=1S/C26H31N3O2S/c1-19-8-6-9-21(18-19)26(30)27-20(2)25(24-12-7-17-32-24)29-15-13-28(14-16-29)22-10-4-5-11-23(22)31-3/h4-12,17-18,20,25H,13-16H2,1-3H3,(H,27,30)/t20-,25+/m0/s1. The number of benzene rings is 2. The van der Waals surface area contributed by atoms with Crippen molar-refractivity contribution in [2.75, 3.05) is 38.2 Å². The molecule has 1 saturated heterocycles. The van der Waals surface area contributed by atoms with E-state index in [2.05, 4.69) is 51.7 Å². The van der Waals surface area contributed by atoms with Crippen molar-refractivity contribution in [3.05, 3.63) is 82.0 Å². The summed E-state index contributed by atoms with van der Waals surface area (Å²) in [4.78, 5) is 19.1. The molecule has 32 heavy (non-hydrogen) atoms. The molecule has 4 rings (SSSR count). The molecule has 0 spiro atoms. The summed E-state index contributed by atoms with van der Waals surface area (Å²) < 4.78 is 5.56. The third kappa shape index (κ3) is 4.97. The first-order chi connectivity index (χ1) is 15.6. The molecule has 1 aliphatic heterocycles. The van der Waals surface area contributed by atoms with E-state index in [1.54, 1.807) is 18.4 Å². The Morgan fingerprint density at radius 1 is 1.03 bits per heavy atom. The molecule has 1 fully saturated rings. The van der Waals surface area contributed by atoms with E-state index >= 15 is 0 Å². The molecular weight excluding hydrogens is 418 g/mol. The number of aryl methyl sites for hydroxylation is 1. The zero-order valence-electron chi connectivity index (χ0n) is 19.0. The first-order valence-electron chi connectivity index (χ1n) is 11.1. The molecule has 0 aliphatic carbocycles. The first kappa shape index (κ1) is 22.4. The fraction of sp³-hybridized carbons (Fsp3) is 0.346. The number of carbonyl (C=O) groups is 1. The van der Waals surface area contributed by atoms with E-state index in [-0.39, 0.29) is 18.0 Å². The molecule has 6 heteroatoms. The van der Waals surface area contributed by atoms with Gasteiger partial charge in [-0.05, 0) is 49.6 Å². The normalized spacial score (nSPS) is 16.4. The lowest BCUT2D eigenvalue weighted by Crippen LogP contribution is -2.52. The predicted octanol–water partition coefficient (Wildman–Crippen LogP) is 4.75. The summed E-state index contributed by atoms with van der Waals surface area (Å²) >= 11 is 1.76. The Balaban J connectivity index is 1.47. The zero-order valence-corrected chi connectivity index (χ0v) is 19.8. The maximum Gasteiger partial charge on any atom is 0.251 e. The van der Waals surface area contributed by atoms with Crippen LogP contribution in [0.5, 0.6) is 5.75 Å². The molecule has 3 aromatic rings. The average molecular weight is 450 g/mol. The van der Waals surface area contributed by atoms with Gasteiger partial charge in [-0.25, -0.2) is 0 Å². The first-order valence-corrected chi connectivity index (χ1v) is 12.0. The van der Waals surface area contributed by atoms with Crippen LogP contribution in [-0.2, 0) is 0 Å². The van der Waals surface area contributed by atoms with Crippen LogP contribution in [-0.4, -0.2) is 50.1 Å². The lowest BCUT2D eigenvalue weighted by atomic mass is 10.0. The van der Waals surface area contributed by atoms with Gasteiger partial charge in [0.05, 0.1) is 18.8 Å². The van der Waals surface area contributed by atoms with E-state index in [0.717, 1.165) is 43.2 Å². The second-order valence-corrected chi connectivity index (χ2v) is 9.27. The summed E-state index contributed by atoms with van der Waals surface area (Å²) in [5.41, 5.74) is 2.94. The van der Waals surface area contributed by atoms with Gasteiger partial charge in [-0.2, -0.15) is 0 Å². The summed E-state index contributed by atoms with van der Waals surface area (Å²) in [6.45, 7) is 7.80. The van der Waals surface area contributed by atoms with Gasteiger partial charge in [-0.1, -0.05) is 35.9 Å². The third-order valence-electron chi connectivity index (χ3n) is 6.08. The van der Waals surface area contributed by atoms with Crippen molar-refractivity contribution in [2.24, 2.45) is 0 Å². The van der Waals surface area contributed by atoms with Gasteiger partial charge in [0.15, 0.2) is 0 Å². The van der Waals surface area contributed by atoms with Crippen LogP contribution in [0.25, 0.3) is 0 Å². The highest BCUT2D eigenvalue weighted by Crippen LogP contribution is 2.32. The molecule has 2 atom stereocenters. The Bertz CT molecular complexity index is 1030. The van der Waals surface area contributed by atoms with Gasteiger partial charge in [0.25, 0.3) is 5.91 Å². The topological polar surface area (TPSA) is 44.8 Å². The molecule has 0 unspecified atom stereocenters. The summed E-state index contributed by atoms with van der Waals surface area (Å²) in [7, 11) is 1.72. The van der Waals surface area contributed by atoms with Gasteiger partial charge in [-0.3, -0.25) is 9.69 Å². The lowest BCUT2D eigenvalue weighted by Gasteiger charge is -2.42. The van der Waals surface area contributed by atoms with Gasteiger partial charge >= 0.3 is 0 Å². The third-order valence-corrected chi connectivity index (χ3v) is 7.02. The number of piperazine rings is 1. The molecule has 1 N–H and O–H groups in total. The highest BCUT2D eigenvalue weighted by atomic mass is 32.1. The van der Waals surface area contributed by atoms with Gasteiger partial charge in [0.2, 0.25) is 0 Å². The number of ether oxygens (including phenoxy) is 1. The SMILES string of the molecule is COc1ccccc1N1CCN([C@@H](c2cccs2)[C@H](C)NC(=O)c2cccc(C)c2)CC1. The second-order valence-electron chi connectivity index (χ2n) is 8.29. The van der Waals surface area contributed by atoms with Crippen LogP contribution in [0.3, 0.4) is 0 Å². The Labute approximate surface area is 194 Å². The molecule has 1 aromatic heterocycles. The van der Waals surface area contributed by atoms with Crippen molar-refractivity contribution in [1.29, 1.82) is 0 Å². The van der Waals surface area contributed by atoms with E-state index in [4.69, 9.17) is 4.74 Å². The molecule has 168 valence electrons. The highest BCUT2D eigenvalue weighted by Gasteiger charge is 2.31. The summed E-state index contributed by atoms with van der Waals surface area (Å²) in [5.74, 6) is 0.893.